The molecule has 63 heavy (non-hydrogen) atoms. The van der Waals surface area contributed by atoms with Crippen molar-refractivity contribution in [2.75, 3.05) is 4.90 Å². The van der Waals surface area contributed by atoms with Gasteiger partial charge in [0.15, 0.2) is 0 Å². The van der Waals surface area contributed by atoms with Gasteiger partial charge in [-0.3, -0.25) is 0 Å². The lowest BCUT2D eigenvalue weighted by Gasteiger charge is -2.35. The second-order valence-electron chi connectivity index (χ2n) is 17.5. The van der Waals surface area contributed by atoms with Gasteiger partial charge in [-0.1, -0.05) is 219 Å². The third-order valence-corrected chi connectivity index (χ3v) is 13.8. The molecule has 0 atom stereocenters. The first kappa shape index (κ1) is 38.7. The number of rotatable bonds is 9. The number of anilines is 3. The molecule has 11 rings (SSSR count). The van der Waals surface area contributed by atoms with Gasteiger partial charge in [0.1, 0.15) is 0 Å². The van der Waals surface area contributed by atoms with E-state index in [4.69, 9.17) is 0 Å². The average Bonchev–Trinajstić information content (AvgIpc) is 3.65. The van der Waals surface area contributed by atoms with Gasteiger partial charge in [-0.05, 0) is 123 Å². The summed E-state index contributed by atoms with van der Waals surface area (Å²) in [6, 6.07) is 83.8. The largest absolute Gasteiger partial charge is 0.310 e. The Hall–Kier alpha value is -7.22. The molecule has 0 aliphatic heterocycles. The minimum absolute atomic E-state index is 0.515. The fourth-order valence-corrected chi connectivity index (χ4v) is 10.9. The molecule has 304 valence electrons. The van der Waals surface area contributed by atoms with Crippen molar-refractivity contribution in [1.82, 2.24) is 0 Å². The van der Waals surface area contributed by atoms with Crippen molar-refractivity contribution in [2.24, 2.45) is 0 Å². The number of hydrogen-bond donors (Lipinski definition) is 0. The van der Waals surface area contributed by atoms with Gasteiger partial charge in [0.2, 0.25) is 0 Å². The van der Waals surface area contributed by atoms with Gasteiger partial charge in [0.05, 0.1) is 11.1 Å². The van der Waals surface area contributed by atoms with Crippen LogP contribution < -0.4 is 4.90 Å². The summed E-state index contributed by atoms with van der Waals surface area (Å²) in [7, 11) is 0. The Morgan fingerprint density at radius 2 is 0.857 bits per heavy atom. The molecule has 9 aromatic rings. The van der Waals surface area contributed by atoms with E-state index in [9.17, 15) is 0 Å². The fourth-order valence-electron chi connectivity index (χ4n) is 10.9. The van der Waals surface area contributed by atoms with Gasteiger partial charge >= 0.3 is 0 Å². The van der Waals surface area contributed by atoms with E-state index in [1.807, 2.05) is 0 Å². The van der Waals surface area contributed by atoms with Crippen molar-refractivity contribution in [3.63, 3.8) is 0 Å². The molecule has 0 saturated heterocycles. The van der Waals surface area contributed by atoms with Crippen molar-refractivity contribution >= 4 is 17.1 Å². The lowest BCUT2D eigenvalue weighted by molar-refractivity contribution is 0.443. The van der Waals surface area contributed by atoms with E-state index >= 15 is 0 Å². The Morgan fingerprint density at radius 1 is 0.381 bits per heavy atom. The quantitative estimate of drug-likeness (QED) is 0.140. The number of nitrogens with zero attached hydrogens (tertiary/aromatic N) is 1. The molecule has 0 N–H and O–H groups in total. The minimum Gasteiger partial charge on any atom is -0.310 e. The van der Waals surface area contributed by atoms with E-state index in [1.54, 1.807) is 0 Å². The summed E-state index contributed by atoms with van der Waals surface area (Å²) >= 11 is 0. The summed E-state index contributed by atoms with van der Waals surface area (Å²) in [6.45, 7) is 2.22. The first-order valence-corrected chi connectivity index (χ1v) is 22.8. The number of benzene rings is 9. The van der Waals surface area contributed by atoms with Crippen LogP contribution in [0.1, 0.15) is 71.4 Å². The van der Waals surface area contributed by atoms with Crippen LogP contribution in [-0.4, -0.2) is 0 Å². The highest BCUT2D eigenvalue weighted by molar-refractivity contribution is 5.98. The van der Waals surface area contributed by atoms with E-state index in [-0.39, 0.29) is 0 Å². The van der Waals surface area contributed by atoms with Gasteiger partial charge in [0.25, 0.3) is 0 Å². The van der Waals surface area contributed by atoms with Gasteiger partial charge in [-0.25, -0.2) is 0 Å². The van der Waals surface area contributed by atoms with E-state index in [0.717, 1.165) is 17.1 Å². The molecule has 9 aromatic carbocycles. The third kappa shape index (κ3) is 6.80. The van der Waals surface area contributed by atoms with E-state index in [2.05, 4.69) is 236 Å². The maximum absolute atomic E-state index is 2.52. The molecule has 0 aromatic heterocycles. The maximum atomic E-state index is 2.52. The average molecular weight is 810 g/mol. The molecule has 1 nitrogen and oxygen atoms in total. The van der Waals surface area contributed by atoms with Crippen molar-refractivity contribution in [2.45, 2.75) is 50.4 Å². The first-order valence-electron chi connectivity index (χ1n) is 22.8. The number of aryl methyl sites for hydroxylation is 1. The molecule has 1 heteroatoms. The molecule has 0 bridgehead atoms. The van der Waals surface area contributed by atoms with Crippen LogP contribution in [0.15, 0.2) is 224 Å². The number of hydrogen-bond acceptors (Lipinski definition) is 1. The molecule has 0 radical (unpaired) electrons. The minimum atomic E-state index is -0.515. The van der Waals surface area contributed by atoms with Crippen LogP contribution in [0.4, 0.5) is 17.1 Å². The van der Waals surface area contributed by atoms with Gasteiger partial charge < -0.3 is 4.90 Å². The topological polar surface area (TPSA) is 3.24 Å². The molecule has 2 aliphatic rings. The molecule has 0 spiro atoms. The molecule has 1 fully saturated rings. The number of para-hydroxylation sites is 1. The van der Waals surface area contributed by atoms with Crippen LogP contribution in [0.5, 0.6) is 0 Å². The summed E-state index contributed by atoms with van der Waals surface area (Å²) in [4.78, 5) is 2.52. The monoisotopic (exact) mass is 809 g/mol. The molecular formula is C62H51N. The van der Waals surface area contributed by atoms with Crippen molar-refractivity contribution in [1.29, 1.82) is 0 Å². The molecular weight excluding hydrogens is 759 g/mol. The van der Waals surface area contributed by atoms with Crippen LogP contribution in [0.3, 0.4) is 0 Å². The smallest absolute Gasteiger partial charge is 0.0714 e. The van der Waals surface area contributed by atoms with Crippen molar-refractivity contribution in [3.05, 3.63) is 258 Å². The Labute approximate surface area is 373 Å². The lowest BCUT2D eigenvalue weighted by atomic mass is 9.67. The molecule has 2 aliphatic carbocycles. The molecule has 0 heterocycles. The zero-order valence-electron chi connectivity index (χ0n) is 35.9. The van der Waals surface area contributed by atoms with Crippen LogP contribution in [-0.2, 0) is 5.41 Å². The normalized spacial score (nSPS) is 14.2. The first-order chi connectivity index (χ1) is 31.2. The summed E-state index contributed by atoms with van der Waals surface area (Å²) < 4.78 is 0. The van der Waals surface area contributed by atoms with Crippen LogP contribution in [0.25, 0.3) is 44.5 Å². The van der Waals surface area contributed by atoms with Crippen LogP contribution in [0.2, 0.25) is 0 Å². The summed E-state index contributed by atoms with van der Waals surface area (Å²) in [5, 5.41) is 0. The highest BCUT2D eigenvalue weighted by Gasteiger charge is 2.46. The highest BCUT2D eigenvalue weighted by Crippen LogP contribution is 2.58. The SMILES string of the molecule is Cc1ccc2c(c1)C(c1ccccc1)(c1ccccc1)c1cc(N(c3ccc(C4CCCCC4)cc3)c3ccccc3-c3ccccc3-c3ccccc3-c3ccccc3)ccc1-2. The van der Waals surface area contributed by atoms with Gasteiger partial charge in [-0.2, -0.15) is 0 Å². The predicted octanol–water partition coefficient (Wildman–Crippen LogP) is 16.9. The van der Waals surface area contributed by atoms with Crippen molar-refractivity contribution < 1.29 is 0 Å². The number of fused-ring (bicyclic) bond motifs is 3. The Bertz CT molecular complexity index is 2990. The summed E-state index contributed by atoms with van der Waals surface area (Å²) in [6.07, 6.45) is 6.55. The Morgan fingerprint density at radius 3 is 1.49 bits per heavy atom. The van der Waals surface area contributed by atoms with E-state index in [0.29, 0.717) is 5.92 Å². The molecule has 0 unspecified atom stereocenters. The zero-order chi connectivity index (χ0) is 42.2. The second kappa shape index (κ2) is 16.6. The third-order valence-electron chi connectivity index (χ3n) is 13.8. The summed E-state index contributed by atoms with van der Waals surface area (Å²) in [5.74, 6) is 0.629. The van der Waals surface area contributed by atoms with E-state index < -0.39 is 5.41 Å². The Kier molecular flexibility index (Phi) is 10.2. The lowest BCUT2D eigenvalue weighted by Crippen LogP contribution is -2.29. The summed E-state index contributed by atoms with van der Waals surface area (Å²) in [5.41, 5.74) is 20.7. The zero-order valence-corrected chi connectivity index (χ0v) is 35.9. The predicted molar refractivity (Wildman–Crippen MR) is 265 cm³/mol. The molecule has 1 saturated carbocycles. The maximum Gasteiger partial charge on any atom is 0.0714 e. The highest BCUT2D eigenvalue weighted by atomic mass is 15.1. The standard InChI is InChI=1S/C62H51N/c1-44-34-40-56-57-41-39-51(43-60(57)62(59(56)42-44,48-24-10-4-11-25-48)49-26-12-5-13-27-49)63(50-37-35-46(36-38-50)45-20-6-2-7-21-45)61-33-19-18-32-58(61)55-31-17-16-30-54(55)53-29-15-14-28-52(53)47-22-8-3-9-23-47/h3-5,8-19,22-43,45H,2,6-7,20-21H2,1H3. The van der Waals surface area contributed by atoms with Gasteiger partial charge in [0, 0.05) is 16.9 Å². The molecule has 0 amide bonds. The van der Waals surface area contributed by atoms with E-state index in [1.165, 1.54) is 110 Å². The second-order valence-corrected chi connectivity index (χ2v) is 17.5. The van der Waals surface area contributed by atoms with Crippen LogP contribution >= 0.6 is 0 Å². The van der Waals surface area contributed by atoms with Crippen molar-refractivity contribution in [3.8, 4) is 44.5 Å². The van der Waals surface area contributed by atoms with Gasteiger partial charge in [-0.15, -0.1) is 0 Å². The fraction of sp³-hybridized carbons (Fsp3) is 0.129. The Balaban J connectivity index is 1.15. The van der Waals surface area contributed by atoms with Crippen LogP contribution in [0, 0.1) is 6.92 Å².